The maximum atomic E-state index is 4.80. The van der Waals surface area contributed by atoms with Gasteiger partial charge in [-0.1, -0.05) is 31.5 Å². The van der Waals surface area contributed by atoms with E-state index in [9.17, 15) is 0 Å². The summed E-state index contributed by atoms with van der Waals surface area (Å²) in [4.78, 5) is 4.80. The third-order valence-corrected chi connectivity index (χ3v) is 4.68. The summed E-state index contributed by atoms with van der Waals surface area (Å²) in [6.45, 7) is 4.47. The minimum absolute atomic E-state index is 0.602. The van der Waals surface area contributed by atoms with Crippen LogP contribution < -0.4 is 5.32 Å². The van der Waals surface area contributed by atoms with Crippen LogP contribution in [-0.4, -0.2) is 11.0 Å². The van der Waals surface area contributed by atoms with E-state index in [0.29, 0.717) is 6.04 Å². The SMILES string of the molecule is CCC1CCC(Nc2nc3ccccc3cc2C)CC1. The smallest absolute Gasteiger partial charge is 0.129 e. The molecule has 0 saturated heterocycles. The molecule has 1 aromatic carbocycles. The normalized spacial score (nSPS) is 22.9. The minimum atomic E-state index is 0.602. The fraction of sp³-hybridized carbons (Fsp3) is 0.500. The van der Waals surface area contributed by atoms with E-state index < -0.39 is 0 Å². The van der Waals surface area contributed by atoms with Crippen molar-refractivity contribution in [3.05, 3.63) is 35.9 Å². The fourth-order valence-corrected chi connectivity index (χ4v) is 3.28. The molecule has 1 heterocycles. The van der Waals surface area contributed by atoms with Gasteiger partial charge < -0.3 is 5.32 Å². The summed E-state index contributed by atoms with van der Waals surface area (Å²) in [5.74, 6) is 2.02. The largest absolute Gasteiger partial charge is 0.367 e. The highest BCUT2D eigenvalue weighted by molar-refractivity contribution is 5.81. The molecule has 1 saturated carbocycles. The monoisotopic (exact) mass is 268 g/mol. The van der Waals surface area contributed by atoms with Gasteiger partial charge in [0.05, 0.1) is 5.52 Å². The van der Waals surface area contributed by atoms with E-state index in [2.05, 4.69) is 49.5 Å². The molecule has 0 aliphatic heterocycles. The van der Waals surface area contributed by atoms with Gasteiger partial charge in [-0.05, 0) is 56.2 Å². The van der Waals surface area contributed by atoms with Gasteiger partial charge in [-0.2, -0.15) is 0 Å². The average Bonchev–Trinajstić information content (AvgIpc) is 2.49. The van der Waals surface area contributed by atoms with Crippen molar-refractivity contribution < 1.29 is 0 Å². The van der Waals surface area contributed by atoms with Crippen LogP contribution in [0.1, 0.15) is 44.6 Å². The standard InChI is InChI=1S/C18H24N2/c1-3-14-8-10-16(11-9-14)19-18-13(2)12-15-6-4-5-7-17(15)20-18/h4-7,12,14,16H,3,8-11H2,1-2H3,(H,19,20). The van der Waals surface area contributed by atoms with Gasteiger partial charge in [-0.25, -0.2) is 4.98 Å². The van der Waals surface area contributed by atoms with Gasteiger partial charge in [-0.15, -0.1) is 0 Å². The number of para-hydroxylation sites is 1. The molecule has 0 amide bonds. The Kier molecular flexibility index (Phi) is 3.90. The molecule has 20 heavy (non-hydrogen) atoms. The van der Waals surface area contributed by atoms with Crippen LogP contribution in [0.25, 0.3) is 10.9 Å². The molecular formula is C18H24N2. The number of benzene rings is 1. The summed E-state index contributed by atoms with van der Waals surface area (Å²) < 4.78 is 0. The highest BCUT2D eigenvalue weighted by Gasteiger charge is 2.20. The number of pyridine rings is 1. The Bertz CT molecular complexity index is 583. The van der Waals surface area contributed by atoms with E-state index >= 15 is 0 Å². The van der Waals surface area contributed by atoms with Crippen LogP contribution >= 0.6 is 0 Å². The van der Waals surface area contributed by atoms with E-state index in [-0.39, 0.29) is 0 Å². The number of hydrogen-bond acceptors (Lipinski definition) is 2. The molecule has 3 rings (SSSR count). The maximum absolute atomic E-state index is 4.80. The third-order valence-electron chi connectivity index (χ3n) is 4.68. The van der Waals surface area contributed by atoms with Crippen molar-refractivity contribution in [2.75, 3.05) is 5.32 Å². The van der Waals surface area contributed by atoms with E-state index in [0.717, 1.165) is 17.3 Å². The molecule has 1 aromatic heterocycles. The molecule has 0 radical (unpaired) electrons. The molecule has 2 nitrogen and oxygen atoms in total. The van der Waals surface area contributed by atoms with E-state index in [1.54, 1.807) is 0 Å². The van der Waals surface area contributed by atoms with Gasteiger partial charge >= 0.3 is 0 Å². The molecule has 106 valence electrons. The number of rotatable bonds is 3. The van der Waals surface area contributed by atoms with Crippen LogP contribution in [0.5, 0.6) is 0 Å². The van der Waals surface area contributed by atoms with Crippen LogP contribution in [0, 0.1) is 12.8 Å². The number of nitrogens with zero attached hydrogens (tertiary/aromatic N) is 1. The highest BCUT2D eigenvalue weighted by atomic mass is 15.0. The Morgan fingerprint density at radius 2 is 1.90 bits per heavy atom. The number of fused-ring (bicyclic) bond motifs is 1. The summed E-state index contributed by atoms with van der Waals surface area (Å²) in [6, 6.07) is 11.2. The second-order valence-corrected chi connectivity index (χ2v) is 6.12. The predicted octanol–water partition coefficient (Wildman–Crippen LogP) is 4.92. The molecule has 1 aliphatic rings. The number of aryl methyl sites for hydroxylation is 1. The molecule has 0 atom stereocenters. The van der Waals surface area contributed by atoms with E-state index in [4.69, 9.17) is 4.98 Å². The second-order valence-electron chi connectivity index (χ2n) is 6.12. The zero-order valence-corrected chi connectivity index (χ0v) is 12.5. The van der Waals surface area contributed by atoms with Crippen LogP contribution in [-0.2, 0) is 0 Å². The molecular weight excluding hydrogens is 244 g/mol. The van der Waals surface area contributed by atoms with Crippen LogP contribution in [0.4, 0.5) is 5.82 Å². The molecule has 2 aromatic rings. The first-order valence-electron chi connectivity index (χ1n) is 7.89. The van der Waals surface area contributed by atoms with Crippen molar-refractivity contribution in [1.29, 1.82) is 0 Å². The maximum Gasteiger partial charge on any atom is 0.129 e. The molecule has 1 N–H and O–H groups in total. The van der Waals surface area contributed by atoms with Crippen LogP contribution in [0.3, 0.4) is 0 Å². The first-order chi connectivity index (χ1) is 9.76. The molecule has 0 unspecified atom stereocenters. The summed E-state index contributed by atoms with van der Waals surface area (Å²) in [7, 11) is 0. The molecule has 1 fully saturated rings. The van der Waals surface area contributed by atoms with Crippen molar-refractivity contribution in [2.24, 2.45) is 5.92 Å². The van der Waals surface area contributed by atoms with Gasteiger partial charge in [0.15, 0.2) is 0 Å². The van der Waals surface area contributed by atoms with Gasteiger partial charge in [0.1, 0.15) is 5.82 Å². The Hall–Kier alpha value is -1.57. The Labute approximate surface area is 121 Å². The number of hydrogen-bond donors (Lipinski definition) is 1. The van der Waals surface area contributed by atoms with Gasteiger partial charge in [0, 0.05) is 11.4 Å². The first-order valence-corrected chi connectivity index (χ1v) is 7.89. The average molecular weight is 268 g/mol. The van der Waals surface area contributed by atoms with Crippen molar-refractivity contribution >= 4 is 16.7 Å². The summed E-state index contributed by atoms with van der Waals surface area (Å²) in [6.07, 6.45) is 6.63. The van der Waals surface area contributed by atoms with Gasteiger partial charge in [-0.3, -0.25) is 0 Å². The Morgan fingerprint density at radius 1 is 1.15 bits per heavy atom. The highest BCUT2D eigenvalue weighted by Crippen LogP contribution is 2.29. The minimum Gasteiger partial charge on any atom is -0.367 e. The zero-order chi connectivity index (χ0) is 13.9. The Balaban J connectivity index is 1.76. The number of aromatic nitrogens is 1. The van der Waals surface area contributed by atoms with Crippen LogP contribution in [0.15, 0.2) is 30.3 Å². The lowest BCUT2D eigenvalue weighted by atomic mass is 9.84. The lowest BCUT2D eigenvalue weighted by Crippen LogP contribution is -2.26. The van der Waals surface area contributed by atoms with E-state index in [1.165, 1.54) is 43.1 Å². The van der Waals surface area contributed by atoms with Gasteiger partial charge in [0.2, 0.25) is 0 Å². The lowest BCUT2D eigenvalue weighted by molar-refractivity contribution is 0.330. The quantitative estimate of drug-likeness (QED) is 0.854. The van der Waals surface area contributed by atoms with Crippen molar-refractivity contribution in [3.8, 4) is 0 Å². The first kappa shape index (κ1) is 13.4. The number of nitrogens with one attached hydrogen (secondary N) is 1. The van der Waals surface area contributed by atoms with Crippen LogP contribution in [0.2, 0.25) is 0 Å². The molecule has 1 aliphatic carbocycles. The van der Waals surface area contributed by atoms with Crippen molar-refractivity contribution in [1.82, 2.24) is 4.98 Å². The number of anilines is 1. The Morgan fingerprint density at radius 3 is 2.65 bits per heavy atom. The molecule has 0 spiro atoms. The topological polar surface area (TPSA) is 24.9 Å². The fourth-order valence-electron chi connectivity index (χ4n) is 3.28. The molecule has 2 heteroatoms. The van der Waals surface area contributed by atoms with Gasteiger partial charge in [0.25, 0.3) is 0 Å². The second kappa shape index (κ2) is 5.82. The summed E-state index contributed by atoms with van der Waals surface area (Å²) in [5.41, 5.74) is 2.34. The summed E-state index contributed by atoms with van der Waals surface area (Å²) >= 11 is 0. The van der Waals surface area contributed by atoms with E-state index in [1.807, 2.05) is 0 Å². The zero-order valence-electron chi connectivity index (χ0n) is 12.5. The molecule has 0 bridgehead atoms. The lowest BCUT2D eigenvalue weighted by Gasteiger charge is -2.29. The van der Waals surface area contributed by atoms with Crippen molar-refractivity contribution in [2.45, 2.75) is 52.0 Å². The predicted molar refractivity (Wildman–Crippen MR) is 86.1 cm³/mol. The summed E-state index contributed by atoms with van der Waals surface area (Å²) in [5, 5.41) is 4.90. The van der Waals surface area contributed by atoms with Crippen molar-refractivity contribution in [3.63, 3.8) is 0 Å². The third kappa shape index (κ3) is 2.79.